The van der Waals surface area contributed by atoms with Gasteiger partial charge in [-0.2, -0.15) is 0 Å². The van der Waals surface area contributed by atoms with Crippen molar-refractivity contribution in [2.24, 2.45) is 0 Å². The molecule has 3 nitrogen and oxygen atoms in total. The van der Waals surface area contributed by atoms with Gasteiger partial charge in [0.05, 0.1) is 10.5 Å². The van der Waals surface area contributed by atoms with Crippen LogP contribution in [0.1, 0.15) is 0 Å². The van der Waals surface area contributed by atoms with Gasteiger partial charge >= 0.3 is 0 Å². The predicted octanol–water partition coefficient (Wildman–Crippen LogP) is -3.13. The molecule has 0 aliphatic heterocycles. The number of hydrogen-bond donors (Lipinski definition) is 0. The first-order valence-electron chi connectivity index (χ1n) is 8.84. The zero-order valence-corrected chi connectivity index (χ0v) is 16.9. The van der Waals surface area contributed by atoms with E-state index in [-0.39, 0.29) is 10.6 Å². The zero-order valence-electron chi connectivity index (χ0n) is 16.2. The average molecular weight is 369 g/mol. The minimum Gasteiger partial charge on any atom is -0.258 e. The fraction of sp³-hybridized carbons (Fsp3) is 0. The van der Waals surface area contributed by atoms with E-state index in [0.717, 1.165) is 16.7 Å². The van der Waals surface area contributed by atoms with E-state index >= 15 is 0 Å². The average Bonchev–Trinajstić information content (AvgIpc) is 2.65. The van der Waals surface area contributed by atoms with Crippen LogP contribution in [0.15, 0.2) is 42.5 Å². The van der Waals surface area contributed by atoms with Crippen LogP contribution in [-0.2, 0) is 0 Å². The standard InChI is InChI=1S/C18H17B5ClNO2/c19-14-13(15(20)17(22)18(23)16(14)21)10-4-2-1-3-9(10)11-7-8(24)5-6-12(11)25(26)27/h1-7H,19-23H2. The maximum absolute atomic E-state index is 11.6. The van der Waals surface area contributed by atoms with Crippen molar-refractivity contribution in [1.29, 1.82) is 0 Å². The molecule has 0 spiro atoms. The van der Waals surface area contributed by atoms with Crippen LogP contribution in [0.4, 0.5) is 5.69 Å². The zero-order chi connectivity index (χ0) is 19.9. The first-order chi connectivity index (χ1) is 12.7. The Morgan fingerprint density at radius 3 is 1.81 bits per heavy atom. The van der Waals surface area contributed by atoms with E-state index < -0.39 is 0 Å². The summed E-state index contributed by atoms with van der Waals surface area (Å²) in [4.78, 5) is 11.3. The summed E-state index contributed by atoms with van der Waals surface area (Å²) in [6.45, 7) is 0. The molecule has 0 fully saturated rings. The SMILES string of the molecule is Bc1c(B)c(B)c(-c2ccccc2-c2cc(Cl)ccc2[N+](=O)[O-])c(B)c1B. The van der Waals surface area contributed by atoms with Gasteiger partial charge in [-0.1, -0.05) is 46.8 Å². The molecule has 0 aromatic heterocycles. The fourth-order valence-electron chi connectivity index (χ4n) is 3.72. The molecule has 0 saturated carbocycles. The number of nitro benzene ring substituents is 1. The lowest BCUT2D eigenvalue weighted by Gasteiger charge is -2.22. The highest BCUT2D eigenvalue weighted by Gasteiger charge is 2.21. The van der Waals surface area contributed by atoms with Crippen LogP contribution in [0.25, 0.3) is 22.3 Å². The molecule has 0 aliphatic rings. The quantitative estimate of drug-likeness (QED) is 0.279. The Labute approximate surface area is 168 Å². The van der Waals surface area contributed by atoms with E-state index in [9.17, 15) is 10.1 Å². The summed E-state index contributed by atoms with van der Waals surface area (Å²) >= 11 is 6.18. The summed E-state index contributed by atoms with van der Waals surface area (Å²) in [5, 5.41) is 12.1. The van der Waals surface area contributed by atoms with Crippen LogP contribution in [0.5, 0.6) is 0 Å². The molecule has 0 atom stereocenters. The van der Waals surface area contributed by atoms with Gasteiger partial charge in [-0.25, -0.2) is 0 Å². The number of benzene rings is 3. The first kappa shape index (κ1) is 19.4. The highest BCUT2D eigenvalue weighted by molar-refractivity contribution is 6.68. The van der Waals surface area contributed by atoms with E-state index in [2.05, 4.69) is 39.2 Å². The van der Waals surface area contributed by atoms with Gasteiger partial charge in [-0.05, 0) is 28.8 Å². The van der Waals surface area contributed by atoms with E-state index in [0.29, 0.717) is 10.6 Å². The van der Waals surface area contributed by atoms with E-state index in [1.54, 1.807) is 12.1 Å². The molecular formula is C18H17B5ClNO2. The minimum absolute atomic E-state index is 0.0581. The molecule has 0 aliphatic carbocycles. The smallest absolute Gasteiger partial charge is 0.258 e. The van der Waals surface area contributed by atoms with Gasteiger partial charge < -0.3 is 0 Å². The molecule has 0 unspecified atom stereocenters. The summed E-state index contributed by atoms with van der Waals surface area (Å²) in [6, 6.07) is 12.5. The Kier molecular flexibility index (Phi) is 5.30. The Morgan fingerprint density at radius 1 is 0.741 bits per heavy atom. The fourth-order valence-corrected chi connectivity index (χ4v) is 3.90. The molecule has 9 heteroatoms. The van der Waals surface area contributed by atoms with Crippen molar-refractivity contribution in [3.8, 4) is 22.3 Å². The monoisotopic (exact) mass is 369 g/mol. The Hall–Kier alpha value is -2.33. The van der Waals surface area contributed by atoms with Crippen molar-refractivity contribution in [3.63, 3.8) is 0 Å². The van der Waals surface area contributed by atoms with Gasteiger partial charge in [0.1, 0.15) is 39.2 Å². The highest BCUT2D eigenvalue weighted by Crippen LogP contribution is 2.37. The maximum atomic E-state index is 11.6. The van der Waals surface area contributed by atoms with Crippen LogP contribution in [0.3, 0.4) is 0 Å². The van der Waals surface area contributed by atoms with Gasteiger partial charge in [0, 0.05) is 11.1 Å². The molecule has 3 aromatic carbocycles. The second-order valence-electron chi connectivity index (χ2n) is 6.96. The lowest BCUT2D eigenvalue weighted by Crippen LogP contribution is -2.55. The molecule has 0 N–H and O–H groups in total. The number of hydrogen-bond acceptors (Lipinski definition) is 2. The van der Waals surface area contributed by atoms with Crippen molar-refractivity contribution in [2.45, 2.75) is 0 Å². The second-order valence-corrected chi connectivity index (χ2v) is 7.40. The van der Waals surface area contributed by atoms with Gasteiger partial charge in [0.15, 0.2) is 0 Å². The lowest BCUT2D eigenvalue weighted by atomic mass is 9.59. The summed E-state index contributed by atoms with van der Waals surface area (Å²) in [6.07, 6.45) is 0. The number of rotatable bonds is 3. The Morgan fingerprint density at radius 2 is 1.26 bits per heavy atom. The van der Waals surface area contributed by atoms with Gasteiger partial charge in [0.25, 0.3) is 5.69 Å². The largest absolute Gasteiger partial charge is 0.277 e. The number of nitrogens with zero attached hydrogens (tertiary/aromatic N) is 1. The molecule has 3 aromatic rings. The Balaban J connectivity index is 2.40. The third-order valence-corrected chi connectivity index (χ3v) is 5.88. The van der Waals surface area contributed by atoms with E-state index in [4.69, 9.17) is 11.6 Å². The Bertz CT molecular complexity index is 1060. The van der Waals surface area contributed by atoms with Crippen molar-refractivity contribution in [2.75, 3.05) is 0 Å². The molecule has 0 amide bonds. The summed E-state index contributed by atoms with van der Waals surface area (Å²) in [5.41, 5.74) is 9.75. The molecular weight excluding hydrogens is 352 g/mol. The van der Waals surface area contributed by atoms with Crippen LogP contribution >= 0.6 is 11.6 Å². The van der Waals surface area contributed by atoms with Crippen LogP contribution < -0.4 is 27.3 Å². The molecule has 0 radical (unpaired) electrons. The van der Waals surface area contributed by atoms with Crippen LogP contribution in [-0.4, -0.2) is 44.2 Å². The third-order valence-electron chi connectivity index (χ3n) is 5.64. The molecule has 3 rings (SSSR count). The van der Waals surface area contributed by atoms with Gasteiger partial charge in [0.2, 0.25) is 0 Å². The summed E-state index contributed by atoms with van der Waals surface area (Å²) < 4.78 is 0. The van der Waals surface area contributed by atoms with Crippen LogP contribution in [0, 0.1) is 10.1 Å². The summed E-state index contributed by atoms with van der Waals surface area (Å²) in [7, 11) is 10.6. The van der Waals surface area contributed by atoms with Crippen molar-refractivity contribution in [1.82, 2.24) is 0 Å². The third kappa shape index (κ3) is 3.34. The maximum Gasteiger partial charge on any atom is 0.277 e. The summed E-state index contributed by atoms with van der Waals surface area (Å²) in [5.74, 6) is 0. The molecule has 0 heterocycles. The number of nitro groups is 1. The molecule has 128 valence electrons. The molecule has 0 bridgehead atoms. The van der Waals surface area contributed by atoms with Gasteiger partial charge in [-0.3, -0.25) is 10.1 Å². The topological polar surface area (TPSA) is 43.1 Å². The lowest BCUT2D eigenvalue weighted by molar-refractivity contribution is -0.384. The number of halogens is 1. The van der Waals surface area contributed by atoms with Crippen molar-refractivity contribution in [3.05, 3.63) is 57.6 Å². The van der Waals surface area contributed by atoms with Gasteiger partial charge in [-0.15, -0.1) is 16.4 Å². The highest BCUT2D eigenvalue weighted by atomic mass is 35.5. The molecule has 0 saturated heterocycles. The second kappa shape index (κ2) is 7.36. The minimum atomic E-state index is -0.353. The van der Waals surface area contributed by atoms with Crippen molar-refractivity contribution < 1.29 is 4.92 Å². The van der Waals surface area contributed by atoms with E-state index in [1.807, 2.05) is 24.3 Å². The first-order valence-corrected chi connectivity index (χ1v) is 9.22. The predicted molar refractivity (Wildman–Crippen MR) is 130 cm³/mol. The van der Waals surface area contributed by atoms with Crippen molar-refractivity contribution >= 4 is 83.8 Å². The molecule has 27 heavy (non-hydrogen) atoms. The van der Waals surface area contributed by atoms with Crippen LogP contribution in [0.2, 0.25) is 5.02 Å². The normalized spacial score (nSPS) is 10.7. The van der Waals surface area contributed by atoms with E-state index in [1.165, 1.54) is 33.4 Å².